The minimum Gasteiger partial charge on any atom is -0.457 e. The summed E-state index contributed by atoms with van der Waals surface area (Å²) in [6.07, 6.45) is 6.92. The van der Waals surface area contributed by atoms with Crippen LogP contribution >= 0.6 is 23.2 Å². The molecule has 12 atom stereocenters. The summed E-state index contributed by atoms with van der Waals surface area (Å²) in [5.41, 5.74) is 3.46. The van der Waals surface area contributed by atoms with E-state index < -0.39 is 10.8 Å². The van der Waals surface area contributed by atoms with Gasteiger partial charge in [0.05, 0.1) is 42.1 Å². The van der Waals surface area contributed by atoms with Crippen LogP contribution in [0.25, 0.3) is 11.3 Å². The Morgan fingerprint density at radius 1 is 0.889 bits per heavy atom. The number of aromatic nitrogens is 3. The molecule has 1 aliphatic carbocycles. The van der Waals surface area contributed by atoms with Crippen molar-refractivity contribution in [2.45, 2.75) is 120 Å². The van der Waals surface area contributed by atoms with Crippen molar-refractivity contribution < 1.29 is 18.7 Å². The maximum absolute atomic E-state index is 17.4. The van der Waals surface area contributed by atoms with E-state index in [-0.39, 0.29) is 66.1 Å². The van der Waals surface area contributed by atoms with Gasteiger partial charge in [0.25, 0.3) is 0 Å². The van der Waals surface area contributed by atoms with Crippen molar-refractivity contribution in [2.24, 2.45) is 23.8 Å². The number of likely N-dealkylation sites (N-methyl/N-ethyl adjacent to an activating group) is 2. The molecule has 12 nitrogen and oxygen atoms in total. The van der Waals surface area contributed by atoms with E-state index in [4.69, 9.17) is 37.7 Å². The molecule has 1 saturated carbocycles. The number of ether oxygens (including phenoxy) is 2. The van der Waals surface area contributed by atoms with E-state index in [2.05, 4.69) is 112 Å². The van der Waals surface area contributed by atoms with Gasteiger partial charge in [-0.1, -0.05) is 48.3 Å². The second-order valence-corrected chi connectivity index (χ2v) is 22.8. The second-order valence-electron chi connectivity index (χ2n) is 21.9. The van der Waals surface area contributed by atoms with E-state index in [1.54, 1.807) is 7.11 Å². The van der Waals surface area contributed by atoms with Crippen LogP contribution in [0, 0.1) is 22.6 Å². The fraction of sp³-hybridized carbons (Fsp3) is 0.526. The monoisotopic (exact) mass is 1020 g/mol. The van der Waals surface area contributed by atoms with Crippen molar-refractivity contribution in [2.75, 3.05) is 48.5 Å². The van der Waals surface area contributed by atoms with Gasteiger partial charge in [-0.25, -0.2) is 9.37 Å². The van der Waals surface area contributed by atoms with Gasteiger partial charge in [-0.05, 0) is 146 Å². The molecule has 6 heterocycles. The molecule has 4 aliphatic heterocycles. The molecule has 3 aromatic carbocycles. The van der Waals surface area contributed by atoms with E-state index >= 15 is 4.79 Å². The largest absolute Gasteiger partial charge is 0.457 e. The Kier molecular flexibility index (Phi) is 14.5. The number of piperidine rings is 1. The maximum Gasteiger partial charge on any atom is 0.153 e. The van der Waals surface area contributed by atoms with Crippen LogP contribution < -0.4 is 15.4 Å². The van der Waals surface area contributed by atoms with Crippen LogP contribution in [0.1, 0.15) is 62.7 Å². The lowest BCUT2D eigenvalue weighted by atomic mass is 9.54. The SMILES string of the molecule is CCC12C(=O)C34C5C[C@H](Cc6ccc(Cl)cc6)N(C)C3[C@@H](COC)NC4[C@H](C)N(Cc3ccc(Cl)cc3Oc3ccc(-c4cnc(CN(C)C)n4C)cc3)C1C[C@H](Cc1ccc(F)cn1)C2N(C)[C@@H](C)CN5. The summed E-state index contributed by atoms with van der Waals surface area (Å²) in [7, 11) is 12.4. The summed E-state index contributed by atoms with van der Waals surface area (Å²) in [6, 6.07) is 24.9. The Labute approximate surface area is 435 Å². The van der Waals surface area contributed by atoms with Crippen LogP contribution in [0.5, 0.6) is 11.5 Å². The summed E-state index contributed by atoms with van der Waals surface area (Å²) in [5.74, 6) is 2.40. The molecule has 2 N–H and O–H groups in total. The number of benzene rings is 3. The fourth-order valence-corrected chi connectivity index (χ4v) is 14.9. The van der Waals surface area contributed by atoms with Crippen molar-refractivity contribution >= 4 is 29.0 Å². The molecule has 72 heavy (non-hydrogen) atoms. The highest BCUT2D eigenvalue weighted by molar-refractivity contribution is 6.31. The molecule has 384 valence electrons. The third kappa shape index (κ3) is 8.81. The van der Waals surface area contributed by atoms with Crippen LogP contribution in [0.2, 0.25) is 10.0 Å². The zero-order valence-corrected chi connectivity index (χ0v) is 44.8. The fourth-order valence-electron chi connectivity index (χ4n) is 14.6. The zero-order chi connectivity index (χ0) is 50.8. The Morgan fingerprint density at radius 2 is 1.64 bits per heavy atom. The summed E-state index contributed by atoms with van der Waals surface area (Å²) in [4.78, 5) is 36.6. The molecule has 10 rings (SSSR count). The van der Waals surface area contributed by atoms with E-state index in [0.29, 0.717) is 48.3 Å². The van der Waals surface area contributed by atoms with E-state index in [1.165, 1.54) is 17.8 Å². The number of likely N-dealkylation sites (tertiary alicyclic amines) is 2. The summed E-state index contributed by atoms with van der Waals surface area (Å²) in [5, 5.41) is 9.68. The molecular weight excluding hydrogens is 949 g/mol. The molecule has 5 aliphatic rings. The normalized spacial score (nSPS) is 31.8. The molecule has 2 aromatic heterocycles. The number of methoxy groups -OCH3 is 1. The molecule has 5 aromatic rings. The average molecular weight is 1020 g/mol. The molecule has 2 bridgehead atoms. The standard InChI is InChI=1S/C57H72Cl2FN9O3/c1-10-56-50-25-39(24-43-20-19-42(60)29-61-43)53(56)66(6)34(2)28-62-49-27-44(23-36-11-16-40(58)17-12-36)67(7)54-46(33-71-9)64-52(57(49,54)55(56)70)35(3)69(50)31-38-13-18-41(59)26-48(38)72-45-21-14-37(15-22-45)47-30-63-51(68(47)8)32-65(4)5/h11-22,26,29-30,34-35,39,44,46,49-50,52-54,62,64H,10,23-25,27-28,31-33H2,1-9H3/t34-,35-,39-,44-,46+,49?,50?,52?,53?,54?,56?,57?/m0/s1. The lowest BCUT2D eigenvalue weighted by molar-refractivity contribution is -0.154. The van der Waals surface area contributed by atoms with E-state index in [0.717, 1.165) is 65.7 Å². The maximum atomic E-state index is 17.4. The molecular formula is C57H72Cl2FN9O3. The van der Waals surface area contributed by atoms with Crippen molar-refractivity contribution in [3.05, 3.63) is 130 Å². The number of halogens is 3. The first kappa shape index (κ1) is 51.2. The summed E-state index contributed by atoms with van der Waals surface area (Å²) in [6.45, 7) is 9.36. The van der Waals surface area contributed by atoms with Crippen molar-refractivity contribution in [3.8, 4) is 22.8 Å². The number of carbonyl (C=O) groups is 1. The number of hydrogen-bond donors (Lipinski definition) is 2. The number of nitrogens with one attached hydrogen (secondary N) is 2. The predicted molar refractivity (Wildman–Crippen MR) is 283 cm³/mol. The van der Waals surface area contributed by atoms with Gasteiger partial charge in [-0.2, -0.15) is 0 Å². The third-order valence-electron chi connectivity index (χ3n) is 17.9. The van der Waals surface area contributed by atoms with Gasteiger partial charge in [-0.3, -0.25) is 24.5 Å². The van der Waals surface area contributed by atoms with Crippen molar-refractivity contribution in [1.82, 2.24) is 44.8 Å². The molecule has 4 saturated heterocycles. The Bertz CT molecular complexity index is 2730. The number of Topliss-reactive ketones (excluding diaryl/α,β-unsaturated/α-hetero) is 1. The number of carbonyl (C=O) groups excluding carboxylic acids is 1. The summed E-state index contributed by atoms with van der Waals surface area (Å²) < 4.78 is 29.6. The van der Waals surface area contributed by atoms with Gasteiger partial charge in [0.15, 0.2) is 5.78 Å². The average Bonchev–Trinajstić information content (AvgIpc) is 4.01. The highest BCUT2D eigenvalue weighted by atomic mass is 35.5. The highest BCUT2D eigenvalue weighted by Crippen LogP contribution is 2.63. The van der Waals surface area contributed by atoms with Gasteiger partial charge in [-0.15, -0.1) is 0 Å². The number of rotatable bonds is 14. The lowest BCUT2D eigenvalue weighted by Crippen LogP contribution is -2.73. The smallest absolute Gasteiger partial charge is 0.153 e. The molecule has 0 radical (unpaired) electrons. The quantitative estimate of drug-likeness (QED) is 0.112. The number of imidazole rings is 1. The molecule has 0 amide bonds. The predicted octanol–water partition coefficient (Wildman–Crippen LogP) is 8.53. The number of ketones is 1. The molecule has 15 heteroatoms. The first-order chi connectivity index (χ1) is 34.6. The first-order valence-electron chi connectivity index (χ1n) is 25.9. The van der Waals surface area contributed by atoms with Crippen LogP contribution in [0.3, 0.4) is 0 Å². The minimum absolute atomic E-state index is 0.0444. The lowest BCUT2D eigenvalue weighted by Gasteiger charge is -2.57. The molecule has 1 spiro atoms. The first-order valence-corrected chi connectivity index (χ1v) is 26.6. The van der Waals surface area contributed by atoms with Crippen LogP contribution in [0.15, 0.2) is 91.3 Å². The topological polar surface area (TPSA) is 103 Å². The Hall–Kier alpha value is -4.28. The van der Waals surface area contributed by atoms with Crippen molar-refractivity contribution in [1.29, 1.82) is 0 Å². The molecule has 7 unspecified atom stereocenters. The van der Waals surface area contributed by atoms with Crippen molar-refractivity contribution in [3.63, 3.8) is 0 Å². The summed E-state index contributed by atoms with van der Waals surface area (Å²) >= 11 is 13.3. The van der Waals surface area contributed by atoms with Gasteiger partial charge in [0, 0.05) is 108 Å². The van der Waals surface area contributed by atoms with Gasteiger partial charge in [0.1, 0.15) is 23.1 Å². The highest BCUT2D eigenvalue weighted by Gasteiger charge is 2.77. The Morgan fingerprint density at radius 3 is 2.33 bits per heavy atom. The Balaban J connectivity index is 1.09. The van der Waals surface area contributed by atoms with E-state index in [1.807, 2.05) is 62.8 Å². The third-order valence-corrected chi connectivity index (χ3v) is 18.4. The van der Waals surface area contributed by atoms with Crippen LogP contribution in [0.4, 0.5) is 4.39 Å². The number of pyridine rings is 1. The second kappa shape index (κ2) is 20.4. The van der Waals surface area contributed by atoms with Gasteiger partial charge < -0.3 is 29.6 Å². The van der Waals surface area contributed by atoms with E-state index in [9.17, 15) is 4.39 Å². The number of hydrogen-bond acceptors (Lipinski definition) is 11. The van der Waals surface area contributed by atoms with Gasteiger partial charge >= 0.3 is 0 Å². The number of nitrogens with zero attached hydrogens (tertiary/aromatic N) is 7. The molecule has 5 fully saturated rings. The van der Waals surface area contributed by atoms with Crippen LogP contribution in [-0.2, 0) is 42.5 Å². The zero-order valence-electron chi connectivity index (χ0n) is 43.3. The van der Waals surface area contributed by atoms with Crippen LogP contribution in [-0.4, -0.2) is 143 Å². The minimum atomic E-state index is -0.842. The van der Waals surface area contributed by atoms with Gasteiger partial charge in [0.2, 0.25) is 0 Å².